The molecule has 9 heteroatoms. The Morgan fingerprint density at radius 3 is 2.38 bits per heavy atom. The number of amides is 1. The lowest BCUT2D eigenvalue weighted by atomic mass is 10.2. The summed E-state index contributed by atoms with van der Waals surface area (Å²) < 4.78 is 22.1. The third-order valence-corrected chi connectivity index (χ3v) is 3.07. The molecule has 0 aromatic heterocycles. The predicted molar refractivity (Wildman–Crippen MR) is 54.7 cm³/mol. The Kier molecular flexibility index (Phi) is 3.15. The number of hydrogen-bond acceptors (Lipinski definition) is 5. The van der Waals surface area contributed by atoms with Gasteiger partial charge in [0.1, 0.15) is 10.5 Å². The van der Waals surface area contributed by atoms with Crippen molar-refractivity contribution in [1.29, 1.82) is 0 Å². The van der Waals surface area contributed by atoms with Crippen molar-refractivity contribution in [3.63, 3.8) is 0 Å². The molecule has 0 fully saturated rings. The molecular weight excluding hydrogens is 260 g/mol. The summed E-state index contributed by atoms with van der Waals surface area (Å²) in [5.74, 6) is -1.23. The summed E-state index contributed by atoms with van der Waals surface area (Å²) in [4.78, 5) is 20.0. The van der Waals surface area contributed by atoms with Crippen LogP contribution >= 0.6 is 10.7 Å². The Hall–Kier alpha value is -1.67. The molecule has 7 nitrogen and oxygen atoms in total. The molecule has 0 aliphatic carbocycles. The van der Waals surface area contributed by atoms with Crippen molar-refractivity contribution in [2.45, 2.75) is 4.90 Å². The first-order valence-electron chi connectivity index (χ1n) is 3.77. The Morgan fingerprint density at radius 2 is 2.00 bits per heavy atom. The number of nitrogens with zero attached hydrogens (tertiary/aromatic N) is 1. The molecule has 16 heavy (non-hydrogen) atoms. The van der Waals surface area contributed by atoms with E-state index in [-0.39, 0.29) is 0 Å². The number of nitro benzene ring substituents is 1. The monoisotopic (exact) mass is 264 g/mol. The Labute approximate surface area is 94.4 Å². The summed E-state index contributed by atoms with van der Waals surface area (Å²) in [7, 11) is 0.759. The van der Waals surface area contributed by atoms with E-state index in [0.29, 0.717) is 0 Å². The van der Waals surface area contributed by atoms with E-state index in [2.05, 4.69) is 0 Å². The van der Waals surface area contributed by atoms with Gasteiger partial charge in [-0.2, -0.15) is 0 Å². The predicted octanol–water partition coefficient (Wildman–Crippen LogP) is 0.621. The number of nitro groups is 1. The number of carbonyl (C=O) groups is 1. The summed E-state index contributed by atoms with van der Waals surface area (Å²) in [5, 5.41) is 10.6. The number of rotatable bonds is 3. The highest BCUT2D eigenvalue weighted by atomic mass is 35.7. The Bertz CT molecular complexity index is 568. The van der Waals surface area contributed by atoms with Crippen LogP contribution in [0.15, 0.2) is 23.1 Å². The van der Waals surface area contributed by atoms with Crippen molar-refractivity contribution < 1.29 is 18.1 Å². The lowest BCUT2D eigenvalue weighted by Gasteiger charge is -2.03. The van der Waals surface area contributed by atoms with Crippen molar-refractivity contribution in [2.24, 2.45) is 5.73 Å². The molecule has 0 unspecified atom stereocenters. The van der Waals surface area contributed by atoms with Crippen LogP contribution in [0.3, 0.4) is 0 Å². The molecule has 86 valence electrons. The van der Waals surface area contributed by atoms with Gasteiger partial charge in [0.15, 0.2) is 0 Å². The van der Waals surface area contributed by atoms with Crippen molar-refractivity contribution >= 4 is 31.3 Å². The molecule has 0 spiro atoms. The van der Waals surface area contributed by atoms with Crippen LogP contribution in [0.1, 0.15) is 10.4 Å². The fourth-order valence-electron chi connectivity index (χ4n) is 1.12. The Morgan fingerprint density at radius 1 is 1.44 bits per heavy atom. The third kappa shape index (κ3) is 2.28. The number of nitrogens with two attached hydrogens (primary N) is 1. The van der Waals surface area contributed by atoms with E-state index < -0.39 is 36.0 Å². The second-order valence-electron chi connectivity index (χ2n) is 2.71. The first kappa shape index (κ1) is 12.4. The molecule has 0 saturated carbocycles. The number of carbonyl (C=O) groups excluding carboxylic acids is 1. The van der Waals surface area contributed by atoms with Crippen molar-refractivity contribution in [3.05, 3.63) is 33.9 Å². The smallest absolute Gasteiger partial charge is 0.283 e. The second kappa shape index (κ2) is 4.06. The largest absolute Gasteiger partial charge is 0.365 e. The minimum Gasteiger partial charge on any atom is -0.365 e. The Balaban J connectivity index is 3.72. The topological polar surface area (TPSA) is 120 Å². The molecular formula is C7H5ClN2O5S. The number of halogens is 1. The van der Waals surface area contributed by atoms with Crippen LogP contribution in [0.4, 0.5) is 5.69 Å². The molecule has 1 rings (SSSR count). The van der Waals surface area contributed by atoms with Gasteiger partial charge in [-0.3, -0.25) is 14.9 Å². The summed E-state index contributed by atoms with van der Waals surface area (Å²) in [6.45, 7) is 0. The minimum absolute atomic E-state index is 0.670. The van der Waals surface area contributed by atoms with Gasteiger partial charge in [-0.1, -0.05) is 6.07 Å². The van der Waals surface area contributed by atoms with E-state index in [1.165, 1.54) is 0 Å². The van der Waals surface area contributed by atoms with E-state index >= 15 is 0 Å². The third-order valence-electron chi connectivity index (χ3n) is 1.71. The highest BCUT2D eigenvalue weighted by Crippen LogP contribution is 2.27. The maximum absolute atomic E-state index is 11.1. The zero-order valence-corrected chi connectivity index (χ0v) is 9.16. The van der Waals surface area contributed by atoms with Gasteiger partial charge in [0.25, 0.3) is 20.6 Å². The SMILES string of the molecule is NC(=O)c1c([N+](=O)[O-])cccc1S(=O)(=O)Cl. The van der Waals surface area contributed by atoms with Crippen molar-refractivity contribution in [2.75, 3.05) is 0 Å². The van der Waals surface area contributed by atoms with Gasteiger partial charge in [-0.25, -0.2) is 8.42 Å². The number of hydrogen-bond donors (Lipinski definition) is 1. The van der Waals surface area contributed by atoms with Crippen molar-refractivity contribution in [3.8, 4) is 0 Å². The van der Waals surface area contributed by atoms with Gasteiger partial charge in [0, 0.05) is 16.7 Å². The molecule has 0 bridgehead atoms. The molecule has 0 saturated heterocycles. The van der Waals surface area contributed by atoms with Crippen molar-refractivity contribution in [1.82, 2.24) is 0 Å². The molecule has 1 aromatic rings. The lowest BCUT2D eigenvalue weighted by Crippen LogP contribution is -2.17. The van der Waals surface area contributed by atoms with Crippen LogP contribution in [0.2, 0.25) is 0 Å². The molecule has 0 atom stereocenters. The number of benzene rings is 1. The maximum atomic E-state index is 11.1. The first-order valence-corrected chi connectivity index (χ1v) is 6.08. The van der Waals surface area contributed by atoms with Gasteiger partial charge in [0.05, 0.1) is 4.92 Å². The van der Waals surface area contributed by atoms with Gasteiger partial charge in [-0.15, -0.1) is 0 Å². The average molecular weight is 265 g/mol. The second-order valence-corrected chi connectivity index (χ2v) is 5.24. The highest BCUT2D eigenvalue weighted by Gasteiger charge is 2.27. The fourth-order valence-corrected chi connectivity index (χ4v) is 2.20. The van der Waals surface area contributed by atoms with Crippen LogP contribution in [-0.4, -0.2) is 19.2 Å². The summed E-state index contributed by atoms with van der Waals surface area (Å²) in [5.41, 5.74) is 3.46. The summed E-state index contributed by atoms with van der Waals surface area (Å²) in [6, 6.07) is 3.03. The zero-order chi connectivity index (χ0) is 12.5. The van der Waals surface area contributed by atoms with E-state index in [9.17, 15) is 23.3 Å². The van der Waals surface area contributed by atoms with Gasteiger partial charge in [0.2, 0.25) is 0 Å². The fraction of sp³-hybridized carbons (Fsp3) is 0. The highest BCUT2D eigenvalue weighted by molar-refractivity contribution is 8.13. The standard InChI is InChI=1S/C7H5ClN2O5S/c8-16(14,15)5-3-1-2-4(10(12)13)6(5)7(9)11/h1-3H,(H2,9,11). The van der Waals surface area contributed by atoms with Gasteiger partial charge in [-0.05, 0) is 6.07 Å². The quantitative estimate of drug-likeness (QED) is 0.487. The molecule has 0 radical (unpaired) electrons. The van der Waals surface area contributed by atoms with E-state index in [1.54, 1.807) is 0 Å². The zero-order valence-electron chi connectivity index (χ0n) is 7.58. The minimum atomic E-state index is -4.27. The molecule has 0 aliphatic rings. The molecule has 0 aliphatic heterocycles. The van der Waals surface area contributed by atoms with Gasteiger partial charge < -0.3 is 5.73 Å². The van der Waals surface area contributed by atoms with E-state index in [1.807, 2.05) is 0 Å². The van der Waals surface area contributed by atoms with Gasteiger partial charge >= 0.3 is 0 Å². The number of primary amides is 1. The lowest BCUT2D eigenvalue weighted by molar-refractivity contribution is -0.385. The first-order chi connectivity index (χ1) is 7.25. The van der Waals surface area contributed by atoms with E-state index in [4.69, 9.17) is 16.4 Å². The maximum Gasteiger partial charge on any atom is 0.283 e. The van der Waals surface area contributed by atoms with E-state index in [0.717, 1.165) is 18.2 Å². The molecule has 2 N–H and O–H groups in total. The average Bonchev–Trinajstić information content (AvgIpc) is 2.14. The normalized spacial score (nSPS) is 11.1. The summed E-state index contributed by atoms with van der Waals surface area (Å²) >= 11 is 0. The van der Waals surface area contributed by atoms with Crippen LogP contribution in [0, 0.1) is 10.1 Å². The molecule has 0 heterocycles. The van der Waals surface area contributed by atoms with Crippen LogP contribution < -0.4 is 5.73 Å². The molecule has 1 amide bonds. The van der Waals surface area contributed by atoms with Crippen LogP contribution in [0.25, 0.3) is 0 Å². The molecule has 1 aromatic carbocycles. The van der Waals surface area contributed by atoms with Crippen LogP contribution in [0.5, 0.6) is 0 Å². The van der Waals surface area contributed by atoms with Crippen LogP contribution in [-0.2, 0) is 9.05 Å². The summed E-state index contributed by atoms with van der Waals surface area (Å²) in [6.07, 6.45) is 0.